The van der Waals surface area contributed by atoms with Crippen molar-refractivity contribution in [3.05, 3.63) is 35.3 Å². The number of nitrogens with zero attached hydrogens (tertiary/aromatic N) is 2. The van der Waals surface area contributed by atoms with Crippen LogP contribution in [0.15, 0.2) is 39.1 Å². The highest BCUT2D eigenvalue weighted by Gasteiger charge is 2.04. The molecule has 0 amide bonds. The van der Waals surface area contributed by atoms with E-state index in [1.165, 1.54) is 0 Å². The number of hydrogen-bond acceptors (Lipinski definition) is 6. The van der Waals surface area contributed by atoms with Crippen LogP contribution in [0, 0.1) is 0 Å². The van der Waals surface area contributed by atoms with Gasteiger partial charge in [-0.2, -0.15) is 0 Å². The molecule has 0 bridgehead atoms. The summed E-state index contributed by atoms with van der Waals surface area (Å²) >= 11 is 3.42. The molecule has 25 heavy (non-hydrogen) atoms. The van der Waals surface area contributed by atoms with Gasteiger partial charge >= 0.3 is 0 Å². The van der Waals surface area contributed by atoms with Gasteiger partial charge in [0.2, 0.25) is 0 Å². The number of ether oxygens (including phenoxy) is 2. The lowest BCUT2D eigenvalue weighted by Gasteiger charge is -2.09. The molecule has 2 aromatic rings. The largest absolute Gasteiger partial charge is 0.493 e. The first-order valence-electron chi connectivity index (χ1n) is 7.50. The van der Waals surface area contributed by atoms with Crippen LogP contribution in [-0.2, 0) is 6.54 Å². The standard InChI is InChI=1S/C16H22N4O2S2.HI/c1-21-13-5-4-12(10-14(13)22-2)11-20-15(17)18-6-3-8-23-16-19-7-9-24-16;/h4-5,7,9-10H,3,6,8,11H2,1-2H3,(H3,17,18,20);1H. The van der Waals surface area contributed by atoms with E-state index in [0.717, 1.165) is 28.6 Å². The third-order valence-electron chi connectivity index (χ3n) is 3.14. The Hall–Kier alpha value is -1.20. The number of nitrogens with two attached hydrogens (primary N) is 1. The van der Waals surface area contributed by atoms with Gasteiger partial charge < -0.3 is 20.5 Å². The zero-order chi connectivity index (χ0) is 17.2. The maximum Gasteiger partial charge on any atom is 0.188 e. The van der Waals surface area contributed by atoms with Gasteiger partial charge in [0.15, 0.2) is 17.5 Å². The van der Waals surface area contributed by atoms with Gasteiger partial charge in [0.25, 0.3) is 0 Å². The Labute approximate surface area is 173 Å². The average Bonchev–Trinajstić information content (AvgIpc) is 3.12. The third-order valence-corrected chi connectivity index (χ3v) is 5.19. The second-order valence-electron chi connectivity index (χ2n) is 4.82. The van der Waals surface area contributed by atoms with Gasteiger partial charge in [-0.1, -0.05) is 17.8 Å². The molecule has 1 heterocycles. The van der Waals surface area contributed by atoms with Crippen molar-refractivity contribution >= 4 is 53.0 Å². The Morgan fingerprint density at radius 2 is 2.12 bits per heavy atom. The lowest BCUT2D eigenvalue weighted by Crippen LogP contribution is -2.32. The van der Waals surface area contributed by atoms with Crippen LogP contribution in [0.3, 0.4) is 0 Å². The molecule has 138 valence electrons. The van der Waals surface area contributed by atoms with Crippen LogP contribution in [0.25, 0.3) is 0 Å². The molecule has 0 aliphatic rings. The number of hydrogen-bond donors (Lipinski definition) is 2. The van der Waals surface area contributed by atoms with Crippen molar-refractivity contribution in [2.45, 2.75) is 17.3 Å². The number of benzene rings is 1. The van der Waals surface area contributed by atoms with Gasteiger partial charge in [-0.15, -0.1) is 35.3 Å². The SMILES string of the molecule is COc1ccc(CN=C(N)NCCCSc2nccs2)cc1OC.I. The predicted octanol–water partition coefficient (Wildman–Crippen LogP) is 3.37. The highest BCUT2D eigenvalue weighted by Crippen LogP contribution is 2.27. The highest BCUT2D eigenvalue weighted by atomic mass is 127. The van der Waals surface area contributed by atoms with Gasteiger partial charge in [0, 0.05) is 23.9 Å². The summed E-state index contributed by atoms with van der Waals surface area (Å²) in [4.78, 5) is 8.57. The number of aromatic nitrogens is 1. The van der Waals surface area contributed by atoms with Gasteiger partial charge in [0.05, 0.1) is 20.8 Å². The van der Waals surface area contributed by atoms with Crippen LogP contribution >= 0.6 is 47.1 Å². The third kappa shape index (κ3) is 7.70. The number of halogens is 1. The Bertz CT molecular complexity index is 654. The van der Waals surface area contributed by atoms with Gasteiger partial charge in [-0.3, -0.25) is 0 Å². The maximum absolute atomic E-state index is 5.89. The van der Waals surface area contributed by atoms with Crippen LogP contribution in [0.1, 0.15) is 12.0 Å². The van der Waals surface area contributed by atoms with Crippen LogP contribution in [0.4, 0.5) is 0 Å². The van der Waals surface area contributed by atoms with Crippen molar-refractivity contribution in [1.29, 1.82) is 0 Å². The van der Waals surface area contributed by atoms with Crippen molar-refractivity contribution in [2.75, 3.05) is 26.5 Å². The molecule has 9 heteroatoms. The monoisotopic (exact) mass is 494 g/mol. The Morgan fingerprint density at radius 3 is 2.80 bits per heavy atom. The fraction of sp³-hybridized carbons (Fsp3) is 0.375. The number of nitrogens with one attached hydrogen (secondary N) is 1. The van der Waals surface area contributed by atoms with Gasteiger partial charge in [0.1, 0.15) is 4.34 Å². The fourth-order valence-corrected chi connectivity index (χ4v) is 3.59. The van der Waals surface area contributed by atoms with E-state index in [0.29, 0.717) is 24.0 Å². The Kier molecular flexibility index (Phi) is 10.7. The summed E-state index contributed by atoms with van der Waals surface area (Å²) < 4.78 is 11.6. The molecule has 0 fully saturated rings. The lowest BCUT2D eigenvalue weighted by atomic mass is 10.2. The van der Waals surface area contributed by atoms with E-state index in [1.54, 1.807) is 37.3 Å². The maximum atomic E-state index is 5.89. The molecular formula is C16H23IN4O2S2. The first-order valence-corrected chi connectivity index (χ1v) is 9.36. The zero-order valence-corrected chi connectivity index (χ0v) is 18.2. The number of rotatable bonds is 9. The van der Waals surface area contributed by atoms with Crippen molar-refractivity contribution in [3.8, 4) is 11.5 Å². The highest BCUT2D eigenvalue weighted by molar-refractivity contribution is 14.0. The van der Waals surface area contributed by atoms with E-state index in [-0.39, 0.29) is 24.0 Å². The summed E-state index contributed by atoms with van der Waals surface area (Å²) in [6.07, 6.45) is 2.82. The minimum Gasteiger partial charge on any atom is -0.493 e. The molecule has 1 aromatic carbocycles. The molecule has 3 N–H and O–H groups in total. The predicted molar refractivity (Wildman–Crippen MR) is 116 cm³/mol. The van der Waals surface area contributed by atoms with Crippen LogP contribution in [-0.4, -0.2) is 37.5 Å². The minimum absolute atomic E-state index is 0. The minimum atomic E-state index is 0. The zero-order valence-electron chi connectivity index (χ0n) is 14.2. The first-order chi connectivity index (χ1) is 11.7. The van der Waals surface area contributed by atoms with Gasteiger partial charge in [-0.05, 0) is 24.1 Å². The number of guanidine groups is 1. The number of methoxy groups -OCH3 is 2. The summed E-state index contributed by atoms with van der Waals surface area (Å²) in [7, 11) is 3.23. The molecule has 0 radical (unpaired) electrons. The van der Waals surface area contributed by atoms with E-state index in [2.05, 4.69) is 15.3 Å². The van der Waals surface area contributed by atoms with E-state index < -0.39 is 0 Å². The number of aliphatic imine (C=N–C) groups is 1. The second kappa shape index (κ2) is 12.2. The molecule has 0 saturated heterocycles. The first kappa shape index (κ1) is 21.8. The number of thioether (sulfide) groups is 1. The van der Waals surface area contributed by atoms with Crippen molar-refractivity contribution in [1.82, 2.24) is 10.3 Å². The molecule has 0 aliphatic carbocycles. The fourth-order valence-electron chi connectivity index (χ4n) is 1.94. The molecule has 6 nitrogen and oxygen atoms in total. The molecule has 0 atom stereocenters. The van der Waals surface area contributed by atoms with E-state index in [1.807, 2.05) is 29.8 Å². The molecule has 2 rings (SSSR count). The average molecular weight is 494 g/mol. The molecular weight excluding hydrogens is 471 g/mol. The van der Waals surface area contributed by atoms with Crippen LogP contribution in [0.5, 0.6) is 11.5 Å². The molecule has 0 spiro atoms. The summed E-state index contributed by atoms with van der Waals surface area (Å²) in [5.74, 6) is 2.85. The summed E-state index contributed by atoms with van der Waals surface area (Å²) in [5.41, 5.74) is 6.90. The lowest BCUT2D eigenvalue weighted by molar-refractivity contribution is 0.354. The quantitative estimate of drug-likeness (QED) is 0.183. The molecule has 0 aliphatic heterocycles. The summed E-state index contributed by atoms with van der Waals surface area (Å²) in [5, 5.41) is 5.11. The van der Waals surface area contributed by atoms with E-state index >= 15 is 0 Å². The van der Waals surface area contributed by atoms with Crippen molar-refractivity contribution in [2.24, 2.45) is 10.7 Å². The Balaban J connectivity index is 0.00000312. The number of thiazole rings is 1. The van der Waals surface area contributed by atoms with E-state index in [4.69, 9.17) is 15.2 Å². The molecule has 0 saturated carbocycles. The smallest absolute Gasteiger partial charge is 0.188 e. The van der Waals surface area contributed by atoms with Crippen LogP contribution in [0.2, 0.25) is 0 Å². The second-order valence-corrected chi connectivity index (χ2v) is 7.05. The van der Waals surface area contributed by atoms with Crippen molar-refractivity contribution < 1.29 is 9.47 Å². The van der Waals surface area contributed by atoms with Gasteiger partial charge in [-0.25, -0.2) is 9.98 Å². The molecule has 0 unspecified atom stereocenters. The van der Waals surface area contributed by atoms with Crippen molar-refractivity contribution in [3.63, 3.8) is 0 Å². The summed E-state index contributed by atoms with van der Waals surface area (Å²) in [6, 6.07) is 5.71. The van der Waals surface area contributed by atoms with Crippen LogP contribution < -0.4 is 20.5 Å². The molecule has 1 aromatic heterocycles. The normalized spacial score (nSPS) is 10.9. The summed E-state index contributed by atoms with van der Waals surface area (Å²) in [6.45, 7) is 1.28. The topological polar surface area (TPSA) is 81.8 Å². The van der Waals surface area contributed by atoms with E-state index in [9.17, 15) is 0 Å². The Morgan fingerprint density at radius 1 is 1.32 bits per heavy atom.